The van der Waals surface area contributed by atoms with Gasteiger partial charge in [0.25, 0.3) is 0 Å². The molecule has 0 saturated carbocycles. The van der Waals surface area contributed by atoms with E-state index in [0.29, 0.717) is 0 Å². The Morgan fingerprint density at radius 3 is 1.50 bits per heavy atom. The van der Waals surface area contributed by atoms with E-state index >= 15 is 0 Å². The van der Waals surface area contributed by atoms with Crippen LogP contribution in [0.25, 0.3) is 0 Å². The van der Waals surface area contributed by atoms with E-state index in [-0.39, 0.29) is 6.23 Å². The maximum absolute atomic E-state index is 9.72. The van der Waals surface area contributed by atoms with Crippen LogP contribution in [0.2, 0.25) is 0 Å². The Morgan fingerprint density at radius 2 is 1.11 bits per heavy atom. The van der Waals surface area contributed by atoms with Crippen molar-refractivity contribution in [3.8, 4) is 0 Å². The summed E-state index contributed by atoms with van der Waals surface area (Å²) in [7, 11) is 0. The lowest BCUT2D eigenvalue weighted by Crippen LogP contribution is -2.35. The van der Waals surface area contributed by atoms with Crippen molar-refractivity contribution in [1.29, 1.82) is 0 Å². The Labute approximate surface area is 176 Å². The van der Waals surface area contributed by atoms with Crippen molar-refractivity contribution >= 4 is 5.84 Å². The van der Waals surface area contributed by atoms with Gasteiger partial charge < -0.3 is 10.0 Å². The number of aliphatic imine (C=N–C) groups is 1. The molecule has 0 aromatic heterocycles. The number of rotatable bonds is 20. The first-order valence-electron chi connectivity index (χ1n) is 12.7. The van der Waals surface area contributed by atoms with Crippen molar-refractivity contribution in [3.63, 3.8) is 0 Å². The summed E-state index contributed by atoms with van der Waals surface area (Å²) in [6.45, 7) is 5.89. The maximum atomic E-state index is 9.72. The number of hydrogen-bond acceptors (Lipinski definition) is 3. The van der Waals surface area contributed by atoms with Gasteiger partial charge in [-0.2, -0.15) is 0 Å². The normalized spacial score (nSPS) is 15.2. The Hall–Kier alpha value is -0.570. The summed E-state index contributed by atoms with van der Waals surface area (Å²) in [5, 5.41) is 9.72. The highest BCUT2D eigenvalue weighted by Gasteiger charge is 2.19. The Bertz CT molecular complexity index is 368. The first-order chi connectivity index (χ1) is 13.8. The highest BCUT2D eigenvalue weighted by molar-refractivity contribution is 5.83. The number of aliphatic hydroxyl groups excluding tert-OH is 1. The largest absolute Gasteiger partial charge is 0.374 e. The molecule has 0 bridgehead atoms. The molecule has 1 N–H and O–H groups in total. The molecule has 0 amide bonds. The third-order valence-corrected chi connectivity index (χ3v) is 6.17. The summed E-state index contributed by atoms with van der Waals surface area (Å²) in [4.78, 5) is 6.58. The van der Waals surface area contributed by atoms with Gasteiger partial charge in [0, 0.05) is 13.0 Å². The summed E-state index contributed by atoms with van der Waals surface area (Å²) in [6.07, 6.45) is 26.2. The average molecular weight is 395 g/mol. The van der Waals surface area contributed by atoms with E-state index in [9.17, 15) is 5.11 Å². The van der Waals surface area contributed by atoms with Crippen LogP contribution >= 0.6 is 0 Å². The van der Waals surface area contributed by atoms with Crippen molar-refractivity contribution in [2.75, 3.05) is 13.1 Å². The van der Waals surface area contributed by atoms with Crippen LogP contribution in [-0.4, -0.2) is 35.2 Å². The van der Waals surface area contributed by atoms with Crippen molar-refractivity contribution in [2.45, 2.75) is 142 Å². The molecule has 0 aromatic carbocycles. The summed E-state index contributed by atoms with van der Waals surface area (Å²) in [5.41, 5.74) is 0. The van der Waals surface area contributed by atoms with Crippen LogP contribution in [-0.2, 0) is 0 Å². The number of unbranched alkanes of at least 4 members (excludes halogenated alkanes) is 17. The summed E-state index contributed by atoms with van der Waals surface area (Å²) in [5.74, 6) is 1.13. The number of nitrogens with zero attached hydrogens (tertiary/aromatic N) is 2. The molecule has 0 aromatic rings. The first kappa shape index (κ1) is 25.5. The van der Waals surface area contributed by atoms with Gasteiger partial charge in [-0.05, 0) is 13.3 Å². The molecule has 28 heavy (non-hydrogen) atoms. The molecule has 1 heterocycles. The molecule has 0 saturated heterocycles. The highest BCUT2D eigenvalue weighted by atomic mass is 16.3. The second kappa shape index (κ2) is 18.5. The Morgan fingerprint density at radius 1 is 0.714 bits per heavy atom. The quantitative estimate of drug-likeness (QED) is 0.217. The maximum Gasteiger partial charge on any atom is 0.125 e. The molecule has 0 aliphatic carbocycles. The van der Waals surface area contributed by atoms with E-state index in [1.165, 1.54) is 116 Å². The summed E-state index contributed by atoms with van der Waals surface area (Å²) < 4.78 is 0. The van der Waals surface area contributed by atoms with Crippen LogP contribution in [0.5, 0.6) is 0 Å². The minimum absolute atomic E-state index is 0.378. The van der Waals surface area contributed by atoms with Crippen LogP contribution in [0, 0.1) is 0 Å². The fourth-order valence-electron chi connectivity index (χ4n) is 4.32. The molecule has 0 fully saturated rings. The molecule has 166 valence electrons. The monoisotopic (exact) mass is 394 g/mol. The number of aliphatic hydroxyl groups is 1. The van der Waals surface area contributed by atoms with E-state index in [1.54, 1.807) is 0 Å². The van der Waals surface area contributed by atoms with Crippen LogP contribution in [0.1, 0.15) is 136 Å². The van der Waals surface area contributed by atoms with E-state index < -0.39 is 0 Å². The number of hydrogen-bond donors (Lipinski definition) is 1. The topological polar surface area (TPSA) is 35.8 Å². The lowest BCUT2D eigenvalue weighted by Gasteiger charge is -2.23. The third kappa shape index (κ3) is 13.6. The van der Waals surface area contributed by atoms with Crippen molar-refractivity contribution in [2.24, 2.45) is 4.99 Å². The molecule has 3 heteroatoms. The zero-order chi connectivity index (χ0) is 20.3. The van der Waals surface area contributed by atoms with Crippen LogP contribution in [0.3, 0.4) is 0 Å². The number of amidine groups is 1. The first-order valence-corrected chi connectivity index (χ1v) is 12.7. The molecular weight excluding hydrogens is 344 g/mol. The molecule has 3 nitrogen and oxygen atoms in total. The van der Waals surface area contributed by atoms with E-state index in [1.807, 2.05) is 11.8 Å². The third-order valence-electron chi connectivity index (χ3n) is 6.17. The molecule has 1 unspecified atom stereocenters. The molecular formula is C25H50N2O. The Kier molecular flexibility index (Phi) is 16.8. The SMILES string of the molecule is CCCCCCCCCCCCCCCCCCCCC1=NCCN1C(C)O. The molecule has 0 radical (unpaired) electrons. The van der Waals surface area contributed by atoms with Gasteiger partial charge in [-0.3, -0.25) is 4.99 Å². The fourth-order valence-corrected chi connectivity index (χ4v) is 4.32. The molecule has 0 spiro atoms. The van der Waals surface area contributed by atoms with Gasteiger partial charge in [-0.1, -0.05) is 116 Å². The lowest BCUT2D eigenvalue weighted by molar-refractivity contribution is 0.0766. The van der Waals surface area contributed by atoms with Crippen molar-refractivity contribution in [1.82, 2.24) is 4.90 Å². The zero-order valence-electron chi connectivity index (χ0n) is 19.3. The van der Waals surface area contributed by atoms with Crippen molar-refractivity contribution in [3.05, 3.63) is 0 Å². The van der Waals surface area contributed by atoms with Crippen LogP contribution in [0.15, 0.2) is 4.99 Å². The predicted octanol–water partition coefficient (Wildman–Crippen LogP) is 7.47. The van der Waals surface area contributed by atoms with E-state index in [4.69, 9.17) is 0 Å². The minimum atomic E-state index is -0.378. The summed E-state index contributed by atoms with van der Waals surface area (Å²) in [6, 6.07) is 0. The van der Waals surface area contributed by atoms with Gasteiger partial charge in [0.15, 0.2) is 0 Å². The van der Waals surface area contributed by atoms with Gasteiger partial charge >= 0.3 is 0 Å². The molecule has 1 aliphatic rings. The minimum Gasteiger partial charge on any atom is -0.374 e. The van der Waals surface area contributed by atoms with E-state index in [2.05, 4.69) is 11.9 Å². The average Bonchev–Trinajstić information content (AvgIpc) is 3.16. The smallest absolute Gasteiger partial charge is 0.125 e. The van der Waals surface area contributed by atoms with Gasteiger partial charge in [-0.25, -0.2) is 0 Å². The second-order valence-electron chi connectivity index (χ2n) is 8.88. The standard InChI is InChI=1S/C25H50N2O/c1-3-4-5-6-7-8-9-10-11-12-13-14-15-16-17-18-19-20-21-25-26-22-23-27(25)24(2)28/h24,28H,3-23H2,1-2H3. The van der Waals surface area contributed by atoms with Crippen LogP contribution in [0.4, 0.5) is 0 Å². The van der Waals surface area contributed by atoms with E-state index in [0.717, 1.165) is 25.3 Å². The van der Waals surface area contributed by atoms with Gasteiger partial charge in [0.1, 0.15) is 12.1 Å². The molecule has 1 atom stereocenters. The van der Waals surface area contributed by atoms with Crippen LogP contribution < -0.4 is 0 Å². The highest BCUT2D eigenvalue weighted by Crippen LogP contribution is 2.16. The molecule has 1 rings (SSSR count). The predicted molar refractivity (Wildman–Crippen MR) is 124 cm³/mol. The van der Waals surface area contributed by atoms with Gasteiger partial charge in [0.05, 0.1) is 6.54 Å². The summed E-state index contributed by atoms with van der Waals surface area (Å²) >= 11 is 0. The fraction of sp³-hybridized carbons (Fsp3) is 0.960. The van der Waals surface area contributed by atoms with Gasteiger partial charge in [0.2, 0.25) is 0 Å². The molecule has 1 aliphatic heterocycles. The second-order valence-corrected chi connectivity index (χ2v) is 8.88. The van der Waals surface area contributed by atoms with Gasteiger partial charge in [-0.15, -0.1) is 0 Å². The lowest BCUT2D eigenvalue weighted by atomic mass is 10.0. The van der Waals surface area contributed by atoms with Crippen molar-refractivity contribution < 1.29 is 5.11 Å². The Balaban J connectivity index is 1.73. The zero-order valence-corrected chi connectivity index (χ0v) is 19.3.